The molecule has 2 aromatic rings. The number of nitrogen functional groups attached to an aromatic ring is 1. The van der Waals surface area contributed by atoms with Gasteiger partial charge in [-0.3, -0.25) is 9.36 Å². The van der Waals surface area contributed by atoms with Crippen LogP contribution in [0.25, 0.3) is 10.8 Å². The molecule has 6 nitrogen and oxygen atoms in total. The van der Waals surface area contributed by atoms with Crippen molar-refractivity contribution in [2.24, 2.45) is 0 Å². The van der Waals surface area contributed by atoms with E-state index in [-0.39, 0.29) is 0 Å². The van der Waals surface area contributed by atoms with Gasteiger partial charge in [-0.1, -0.05) is 6.07 Å². The molecule has 100 valence electrons. The Kier molecular flexibility index (Phi) is 3.52. The number of hydrogen-bond acceptors (Lipinski definition) is 5. The maximum Gasteiger partial charge on any atom is 0.331 e. The van der Waals surface area contributed by atoms with Gasteiger partial charge < -0.3 is 15.6 Å². The summed E-state index contributed by atoms with van der Waals surface area (Å²) in [5.74, 6) is -0.673. The molecule has 1 aromatic carbocycles. The van der Waals surface area contributed by atoms with Crippen LogP contribution < -0.4 is 11.3 Å². The molecule has 0 spiro atoms. The molecule has 0 amide bonds. The lowest BCUT2D eigenvalue weighted by Gasteiger charge is -2.15. The Bertz CT molecular complexity index is 678. The van der Waals surface area contributed by atoms with Crippen LogP contribution in [0.15, 0.2) is 35.3 Å². The minimum absolute atomic E-state index is 0.393. The predicted molar refractivity (Wildman–Crippen MR) is 70.8 cm³/mol. The van der Waals surface area contributed by atoms with E-state index >= 15 is 0 Å². The van der Waals surface area contributed by atoms with Crippen LogP contribution in [0.2, 0.25) is 0 Å². The number of ether oxygens (including phenoxy) is 1. The number of methoxy groups -OCH3 is 1. The Morgan fingerprint density at radius 2 is 2.16 bits per heavy atom. The fraction of sp³-hybridized carbons (Fsp3) is 0.231. The summed E-state index contributed by atoms with van der Waals surface area (Å²) < 4.78 is 5.71. The third-order valence-electron chi connectivity index (χ3n) is 2.99. The number of benzene rings is 1. The molecule has 0 bridgehead atoms. The first kappa shape index (κ1) is 13.1. The van der Waals surface area contributed by atoms with Gasteiger partial charge in [0.05, 0.1) is 13.7 Å². The van der Waals surface area contributed by atoms with E-state index in [9.17, 15) is 14.7 Å². The Labute approximate surface area is 109 Å². The molecule has 19 heavy (non-hydrogen) atoms. The molecule has 0 aliphatic carbocycles. The van der Waals surface area contributed by atoms with Crippen molar-refractivity contribution in [3.05, 3.63) is 40.8 Å². The second kappa shape index (κ2) is 5.11. The summed E-state index contributed by atoms with van der Waals surface area (Å²) in [6.45, 7) is -0.513. The number of carbonyl (C=O) groups is 1. The van der Waals surface area contributed by atoms with Gasteiger partial charge in [-0.05, 0) is 18.2 Å². The Hall–Kier alpha value is -2.34. The van der Waals surface area contributed by atoms with Crippen LogP contribution in [0.4, 0.5) is 5.69 Å². The van der Waals surface area contributed by atoms with Gasteiger partial charge in [-0.25, -0.2) is 4.79 Å². The molecule has 6 heteroatoms. The van der Waals surface area contributed by atoms with Crippen molar-refractivity contribution in [2.75, 3.05) is 19.5 Å². The number of carbonyl (C=O) groups excluding carboxylic acids is 1. The summed E-state index contributed by atoms with van der Waals surface area (Å²) in [5, 5.41) is 10.3. The third-order valence-corrected chi connectivity index (χ3v) is 2.99. The monoisotopic (exact) mass is 262 g/mol. The van der Waals surface area contributed by atoms with Crippen LogP contribution >= 0.6 is 0 Å². The highest BCUT2D eigenvalue weighted by Crippen LogP contribution is 2.18. The summed E-state index contributed by atoms with van der Waals surface area (Å²) in [6, 6.07) is 5.56. The second-order valence-electron chi connectivity index (χ2n) is 4.06. The number of nitrogens with two attached hydrogens (primary N) is 1. The van der Waals surface area contributed by atoms with Gasteiger partial charge in [0.15, 0.2) is 6.04 Å². The standard InChI is InChI=1S/C13H14N2O4/c1-19-13(18)11(7-16)15-6-5-8-9(12(15)17)3-2-4-10(8)14/h2-6,11,16H,7,14H2,1H3. The van der Waals surface area contributed by atoms with Gasteiger partial charge >= 0.3 is 5.97 Å². The highest BCUT2D eigenvalue weighted by Gasteiger charge is 2.21. The van der Waals surface area contributed by atoms with Crippen molar-refractivity contribution < 1.29 is 14.6 Å². The van der Waals surface area contributed by atoms with Crippen LogP contribution in [0.5, 0.6) is 0 Å². The van der Waals surface area contributed by atoms with Crippen LogP contribution in [0.3, 0.4) is 0 Å². The zero-order valence-corrected chi connectivity index (χ0v) is 10.4. The van der Waals surface area contributed by atoms with Crippen molar-refractivity contribution in [3.63, 3.8) is 0 Å². The summed E-state index contributed by atoms with van der Waals surface area (Å²) in [4.78, 5) is 23.8. The number of fused-ring (bicyclic) bond motifs is 1. The van der Waals surface area contributed by atoms with E-state index in [1.165, 1.54) is 13.3 Å². The van der Waals surface area contributed by atoms with E-state index in [0.717, 1.165) is 4.57 Å². The Morgan fingerprint density at radius 3 is 2.79 bits per heavy atom. The molecule has 0 aliphatic heterocycles. The van der Waals surface area contributed by atoms with Gasteiger partial charge in [0.2, 0.25) is 0 Å². The van der Waals surface area contributed by atoms with Crippen LogP contribution in [0.1, 0.15) is 6.04 Å². The van der Waals surface area contributed by atoms with E-state index in [2.05, 4.69) is 4.74 Å². The lowest BCUT2D eigenvalue weighted by Crippen LogP contribution is -2.32. The maximum absolute atomic E-state index is 12.3. The Morgan fingerprint density at radius 1 is 1.42 bits per heavy atom. The molecule has 1 heterocycles. The largest absolute Gasteiger partial charge is 0.467 e. The summed E-state index contributed by atoms with van der Waals surface area (Å²) in [7, 11) is 1.20. The van der Waals surface area contributed by atoms with Gasteiger partial charge in [-0.15, -0.1) is 0 Å². The average molecular weight is 262 g/mol. The van der Waals surface area contributed by atoms with Crippen molar-refractivity contribution in [1.29, 1.82) is 0 Å². The maximum atomic E-state index is 12.3. The van der Waals surface area contributed by atoms with E-state index in [1.807, 2.05) is 0 Å². The molecule has 0 saturated heterocycles. The van der Waals surface area contributed by atoms with Crippen LogP contribution in [0, 0.1) is 0 Å². The zero-order chi connectivity index (χ0) is 14.0. The lowest BCUT2D eigenvalue weighted by molar-refractivity contribution is -0.145. The lowest BCUT2D eigenvalue weighted by atomic mass is 10.1. The van der Waals surface area contributed by atoms with Crippen molar-refractivity contribution in [1.82, 2.24) is 4.57 Å². The molecule has 3 N–H and O–H groups in total. The zero-order valence-electron chi connectivity index (χ0n) is 10.4. The second-order valence-corrected chi connectivity index (χ2v) is 4.06. The van der Waals surface area contributed by atoms with Crippen molar-refractivity contribution in [2.45, 2.75) is 6.04 Å². The van der Waals surface area contributed by atoms with Crippen molar-refractivity contribution >= 4 is 22.4 Å². The fourth-order valence-electron chi connectivity index (χ4n) is 1.97. The molecule has 0 saturated carbocycles. The highest BCUT2D eigenvalue weighted by molar-refractivity contribution is 5.92. The number of aliphatic hydroxyl groups excluding tert-OH is 1. The first-order chi connectivity index (χ1) is 9.10. The van der Waals surface area contributed by atoms with Crippen LogP contribution in [-0.4, -0.2) is 29.4 Å². The number of anilines is 1. The van der Waals surface area contributed by atoms with Gasteiger partial charge in [0.1, 0.15) is 0 Å². The quantitative estimate of drug-likeness (QED) is 0.612. The molecular weight excluding hydrogens is 248 g/mol. The summed E-state index contributed by atoms with van der Waals surface area (Å²) in [5.41, 5.74) is 5.87. The topological polar surface area (TPSA) is 94.6 Å². The first-order valence-corrected chi connectivity index (χ1v) is 5.68. The summed E-state index contributed by atoms with van der Waals surface area (Å²) in [6.07, 6.45) is 1.43. The smallest absolute Gasteiger partial charge is 0.331 e. The normalized spacial score (nSPS) is 12.3. The first-order valence-electron chi connectivity index (χ1n) is 5.68. The van der Waals surface area contributed by atoms with E-state index in [1.54, 1.807) is 24.3 Å². The number of aromatic nitrogens is 1. The average Bonchev–Trinajstić information content (AvgIpc) is 2.42. The fourth-order valence-corrected chi connectivity index (χ4v) is 1.97. The minimum Gasteiger partial charge on any atom is -0.467 e. The van der Waals surface area contributed by atoms with Gasteiger partial charge in [-0.2, -0.15) is 0 Å². The molecule has 0 fully saturated rings. The third kappa shape index (κ3) is 2.17. The number of rotatable bonds is 3. The predicted octanol–water partition coefficient (Wildman–Crippen LogP) is 0.290. The highest BCUT2D eigenvalue weighted by atomic mass is 16.5. The molecule has 0 aliphatic rings. The molecule has 1 unspecified atom stereocenters. The van der Waals surface area contributed by atoms with Gasteiger partial charge in [0, 0.05) is 22.7 Å². The molecule has 0 radical (unpaired) electrons. The molecule has 1 aromatic heterocycles. The number of hydrogen-bond donors (Lipinski definition) is 2. The van der Waals surface area contributed by atoms with E-state index in [0.29, 0.717) is 16.5 Å². The van der Waals surface area contributed by atoms with Gasteiger partial charge in [0.25, 0.3) is 5.56 Å². The van der Waals surface area contributed by atoms with E-state index < -0.39 is 24.2 Å². The molecular formula is C13H14N2O4. The molecule has 2 rings (SSSR count). The summed E-state index contributed by atoms with van der Waals surface area (Å²) >= 11 is 0. The molecule has 1 atom stereocenters. The number of aliphatic hydroxyl groups is 1. The van der Waals surface area contributed by atoms with Crippen molar-refractivity contribution in [3.8, 4) is 0 Å². The number of nitrogens with zero attached hydrogens (tertiary/aromatic N) is 1. The SMILES string of the molecule is COC(=O)C(CO)n1ccc2c(N)cccc2c1=O. The number of esters is 1. The van der Waals surface area contributed by atoms with Crippen LogP contribution in [-0.2, 0) is 9.53 Å². The van der Waals surface area contributed by atoms with E-state index in [4.69, 9.17) is 5.73 Å². The number of pyridine rings is 1. The Balaban J connectivity index is 2.66. The minimum atomic E-state index is -1.05.